The van der Waals surface area contributed by atoms with Gasteiger partial charge in [-0.1, -0.05) is 26.0 Å². The minimum atomic E-state index is -0.842. The summed E-state index contributed by atoms with van der Waals surface area (Å²) in [6.45, 7) is 7.51. The number of hydrogen-bond donors (Lipinski definition) is 1. The highest BCUT2D eigenvalue weighted by Crippen LogP contribution is 2.16. The predicted molar refractivity (Wildman–Crippen MR) is 67.7 cm³/mol. The molecule has 1 N–H and O–H groups in total. The average molecular weight is 230 g/mol. The molecule has 0 saturated carbocycles. The third-order valence-corrected chi connectivity index (χ3v) is 2.52. The van der Waals surface area contributed by atoms with E-state index in [1.165, 1.54) is 0 Å². The van der Waals surface area contributed by atoms with Crippen LogP contribution in [0.4, 0.5) is 0 Å². The first-order valence-corrected chi connectivity index (χ1v) is 5.69. The Morgan fingerprint density at radius 3 is 2.59 bits per heavy atom. The van der Waals surface area contributed by atoms with E-state index in [-0.39, 0.29) is 5.91 Å². The third kappa shape index (κ3) is 3.60. The van der Waals surface area contributed by atoms with E-state index in [0.29, 0.717) is 11.5 Å². The largest absolute Gasteiger partial charge is 0.334 e. The molecule has 1 amide bonds. The first-order valence-electron chi connectivity index (χ1n) is 5.69. The van der Waals surface area contributed by atoms with Crippen molar-refractivity contribution in [2.24, 2.45) is 0 Å². The fraction of sp³-hybridized carbons (Fsp3) is 0.429. The van der Waals surface area contributed by atoms with Gasteiger partial charge in [-0.2, -0.15) is 5.26 Å². The monoisotopic (exact) mass is 230 g/mol. The van der Waals surface area contributed by atoms with E-state index in [4.69, 9.17) is 5.26 Å². The van der Waals surface area contributed by atoms with Crippen molar-refractivity contribution in [1.29, 1.82) is 5.26 Å². The lowest BCUT2D eigenvalue weighted by molar-refractivity contribution is 0.0929. The van der Waals surface area contributed by atoms with E-state index in [9.17, 15) is 4.79 Å². The summed E-state index contributed by atoms with van der Waals surface area (Å²) in [5.41, 5.74) is 0.872. The van der Waals surface area contributed by atoms with Crippen LogP contribution >= 0.6 is 0 Å². The highest BCUT2D eigenvalue weighted by Gasteiger charge is 2.20. The van der Waals surface area contributed by atoms with Crippen molar-refractivity contribution in [1.82, 2.24) is 5.32 Å². The molecule has 0 aliphatic rings. The van der Waals surface area contributed by atoms with Crippen LogP contribution in [-0.4, -0.2) is 11.4 Å². The van der Waals surface area contributed by atoms with Crippen LogP contribution in [0.5, 0.6) is 0 Å². The molecule has 0 aromatic heterocycles. The quantitative estimate of drug-likeness (QED) is 0.868. The van der Waals surface area contributed by atoms with Crippen molar-refractivity contribution in [3.05, 3.63) is 35.4 Å². The summed E-state index contributed by atoms with van der Waals surface area (Å²) in [5, 5.41) is 11.6. The van der Waals surface area contributed by atoms with Gasteiger partial charge in [-0.05, 0) is 37.5 Å². The molecule has 1 aromatic carbocycles. The molecule has 0 unspecified atom stereocenters. The van der Waals surface area contributed by atoms with Crippen molar-refractivity contribution in [2.75, 3.05) is 0 Å². The summed E-state index contributed by atoms with van der Waals surface area (Å²) in [5.74, 6) is 0.172. The zero-order valence-electron chi connectivity index (χ0n) is 10.7. The Bertz CT molecular complexity index is 456. The SMILES string of the molecule is CC(C)c1cccc(C(=O)NC(C)(C)C#N)c1. The summed E-state index contributed by atoms with van der Waals surface area (Å²) in [6.07, 6.45) is 0. The van der Waals surface area contributed by atoms with Crippen molar-refractivity contribution in [3.63, 3.8) is 0 Å². The molecular weight excluding hydrogens is 212 g/mol. The molecule has 1 rings (SSSR count). The molecule has 3 nitrogen and oxygen atoms in total. The van der Waals surface area contributed by atoms with Crippen molar-refractivity contribution >= 4 is 5.91 Å². The number of hydrogen-bond acceptors (Lipinski definition) is 2. The van der Waals surface area contributed by atoms with E-state index in [1.807, 2.05) is 24.3 Å². The number of nitrogens with zero attached hydrogens (tertiary/aromatic N) is 1. The molecule has 0 aliphatic heterocycles. The van der Waals surface area contributed by atoms with Crippen LogP contribution in [0.3, 0.4) is 0 Å². The minimum absolute atomic E-state index is 0.209. The lowest BCUT2D eigenvalue weighted by Gasteiger charge is -2.17. The van der Waals surface area contributed by atoms with E-state index < -0.39 is 5.54 Å². The second-order valence-corrected chi connectivity index (χ2v) is 4.97. The standard InChI is InChI=1S/C14H18N2O/c1-10(2)11-6-5-7-12(8-11)13(17)16-14(3,4)9-15/h5-8,10H,1-4H3,(H,16,17). The van der Waals surface area contributed by atoms with Gasteiger partial charge in [0.15, 0.2) is 0 Å². The van der Waals surface area contributed by atoms with E-state index in [2.05, 4.69) is 19.2 Å². The average Bonchev–Trinajstić information content (AvgIpc) is 2.28. The molecular formula is C14H18N2O. The second-order valence-electron chi connectivity index (χ2n) is 4.97. The molecule has 0 fully saturated rings. The molecule has 0 spiro atoms. The van der Waals surface area contributed by atoms with Gasteiger partial charge in [-0.15, -0.1) is 0 Å². The molecule has 0 aliphatic carbocycles. The molecule has 3 heteroatoms. The van der Waals surface area contributed by atoms with E-state index >= 15 is 0 Å². The summed E-state index contributed by atoms with van der Waals surface area (Å²) in [6, 6.07) is 9.54. The Morgan fingerprint density at radius 2 is 2.06 bits per heavy atom. The van der Waals surface area contributed by atoms with Crippen LogP contribution in [0, 0.1) is 11.3 Å². The lowest BCUT2D eigenvalue weighted by atomic mass is 10.00. The predicted octanol–water partition coefficient (Wildman–Crippen LogP) is 2.84. The van der Waals surface area contributed by atoms with Crippen molar-refractivity contribution in [3.8, 4) is 6.07 Å². The highest BCUT2D eigenvalue weighted by molar-refractivity contribution is 5.95. The minimum Gasteiger partial charge on any atom is -0.334 e. The molecule has 90 valence electrons. The van der Waals surface area contributed by atoms with Crippen LogP contribution in [0.2, 0.25) is 0 Å². The Kier molecular flexibility index (Phi) is 3.90. The fourth-order valence-electron chi connectivity index (χ4n) is 1.42. The molecule has 0 radical (unpaired) electrons. The maximum absolute atomic E-state index is 11.9. The summed E-state index contributed by atoms with van der Waals surface area (Å²) >= 11 is 0. The number of amides is 1. The van der Waals surface area contributed by atoms with Gasteiger partial charge in [-0.3, -0.25) is 4.79 Å². The van der Waals surface area contributed by atoms with Crippen molar-refractivity contribution in [2.45, 2.75) is 39.2 Å². The van der Waals surface area contributed by atoms with Gasteiger partial charge in [0.25, 0.3) is 5.91 Å². The Labute approximate surface area is 102 Å². The van der Waals surface area contributed by atoms with Crippen molar-refractivity contribution < 1.29 is 4.79 Å². The third-order valence-electron chi connectivity index (χ3n) is 2.52. The van der Waals surface area contributed by atoms with Crippen LogP contribution in [0.25, 0.3) is 0 Å². The van der Waals surface area contributed by atoms with Gasteiger partial charge in [0.05, 0.1) is 6.07 Å². The van der Waals surface area contributed by atoms with E-state index in [0.717, 1.165) is 5.56 Å². The van der Waals surface area contributed by atoms with Gasteiger partial charge < -0.3 is 5.32 Å². The Balaban J connectivity index is 2.91. The fourth-order valence-corrected chi connectivity index (χ4v) is 1.42. The summed E-state index contributed by atoms with van der Waals surface area (Å²) in [7, 11) is 0. The first-order chi connectivity index (χ1) is 7.85. The normalized spacial score (nSPS) is 11.1. The first kappa shape index (κ1) is 13.2. The number of nitriles is 1. The van der Waals surface area contributed by atoms with Gasteiger partial charge in [0.2, 0.25) is 0 Å². The molecule has 0 bridgehead atoms. The molecule has 17 heavy (non-hydrogen) atoms. The maximum atomic E-state index is 11.9. The molecule has 0 saturated heterocycles. The number of rotatable bonds is 3. The van der Waals surface area contributed by atoms with Crippen LogP contribution in [0.1, 0.15) is 49.5 Å². The summed E-state index contributed by atoms with van der Waals surface area (Å²) in [4.78, 5) is 11.9. The number of carbonyl (C=O) groups is 1. The van der Waals surface area contributed by atoms with Gasteiger partial charge in [0.1, 0.15) is 5.54 Å². The lowest BCUT2D eigenvalue weighted by Crippen LogP contribution is -2.42. The van der Waals surface area contributed by atoms with E-state index in [1.54, 1.807) is 19.9 Å². The smallest absolute Gasteiger partial charge is 0.252 e. The zero-order chi connectivity index (χ0) is 13.1. The van der Waals surface area contributed by atoms with Crippen LogP contribution < -0.4 is 5.32 Å². The molecule has 1 aromatic rings. The summed E-state index contributed by atoms with van der Waals surface area (Å²) < 4.78 is 0. The molecule has 0 atom stereocenters. The van der Waals surface area contributed by atoms with Gasteiger partial charge in [-0.25, -0.2) is 0 Å². The Hall–Kier alpha value is -1.82. The topological polar surface area (TPSA) is 52.9 Å². The number of carbonyl (C=O) groups excluding carboxylic acids is 1. The van der Waals surface area contributed by atoms with Gasteiger partial charge >= 0.3 is 0 Å². The second kappa shape index (κ2) is 5.01. The molecule has 0 heterocycles. The number of nitrogens with one attached hydrogen (secondary N) is 1. The zero-order valence-corrected chi connectivity index (χ0v) is 10.7. The maximum Gasteiger partial charge on any atom is 0.252 e. The highest BCUT2D eigenvalue weighted by atomic mass is 16.1. The number of benzene rings is 1. The van der Waals surface area contributed by atoms with Crippen LogP contribution in [0.15, 0.2) is 24.3 Å². The Morgan fingerprint density at radius 1 is 1.41 bits per heavy atom. The van der Waals surface area contributed by atoms with Crippen LogP contribution in [-0.2, 0) is 0 Å². The van der Waals surface area contributed by atoms with Gasteiger partial charge in [0, 0.05) is 5.56 Å².